The molecule has 0 heterocycles. The molecule has 0 radical (unpaired) electrons. The van der Waals surface area contributed by atoms with Crippen molar-refractivity contribution in [3.05, 3.63) is 35.1 Å². The van der Waals surface area contributed by atoms with E-state index in [-0.39, 0.29) is 5.56 Å². The van der Waals surface area contributed by atoms with Crippen LogP contribution < -0.4 is 0 Å². The lowest BCUT2D eigenvalue weighted by molar-refractivity contribution is 0.0691. The smallest absolute Gasteiger partial charge is 0.338 e. The fourth-order valence-electron chi connectivity index (χ4n) is 1.02. The van der Waals surface area contributed by atoms with Crippen LogP contribution >= 0.6 is 0 Å². The number of carboxylic acids is 1. The molecule has 0 spiro atoms. The predicted octanol–water partition coefficient (Wildman–Crippen LogP) is 2.09. The largest absolute Gasteiger partial charge is 0.478 e. The Kier molecular flexibility index (Phi) is 2.43. The van der Waals surface area contributed by atoms with Crippen LogP contribution in [0.15, 0.2) is 18.2 Å². The Morgan fingerprint density at radius 2 is 2.25 bits per heavy atom. The van der Waals surface area contributed by atoms with Crippen LogP contribution in [-0.2, 0) is 6.42 Å². The lowest BCUT2D eigenvalue weighted by Crippen LogP contribution is -2.02. The number of benzene rings is 1. The van der Waals surface area contributed by atoms with Crippen LogP contribution in [0.25, 0.3) is 0 Å². The standard InChI is InChI=1S/C9H9FO2/c1-2-6-4-3-5-7(8(6)10)9(11)12/h3-5H,2H2,1H3,(H,11,12). The molecule has 0 fully saturated rings. The number of halogens is 1. The van der Waals surface area contributed by atoms with Crippen molar-refractivity contribution in [2.24, 2.45) is 0 Å². The maximum absolute atomic E-state index is 13.1. The van der Waals surface area contributed by atoms with Gasteiger partial charge in [-0.15, -0.1) is 0 Å². The Morgan fingerprint density at radius 3 is 2.75 bits per heavy atom. The summed E-state index contributed by atoms with van der Waals surface area (Å²) in [6.45, 7) is 1.78. The van der Waals surface area contributed by atoms with Gasteiger partial charge >= 0.3 is 5.97 Å². The third kappa shape index (κ3) is 1.44. The number of hydrogen-bond acceptors (Lipinski definition) is 1. The topological polar surface area (TPSA) is 37.3 Å². The van der Waals surface area contributed by atoms with Gasteiger partial charge in [0.25, 0.3) is 0 Å². The molecule has 1 rings (SSSR count). The first-order valence-electron chi connectivity index (χ1n) is 3.67. The van der Waals surface area contributed by atoms with Crippen LogP contribution in [0.3, 0.4) is 0 Å². The molecule has 0 saturated carbocycles. The minimum absolute atomic E-state index is 0.255. The van der Waals surface area contributed by atoms with Crippen molar-refractivity contribution >= 4 is 5.97 Å². The second kappa shape index (κ2) is 3.34. The van der Waals surface area contributed by atoms with Crippen molar-refractivity contribution in [3.8, 4) is 0 Å². The first kappa shape index (κ1) is 8.71. The highest BCUT2D eigenvalue weighted by molar-refractivity contribution is 5.88. The number of aryl methyl sites for hydroxylation is 1. The molecule has 12 heavy (non-hydrogen) atoms. The zero-order chi connectivity index (χ0) is 9.14. The van der Waals surface area contributed by atoms with Gasteiger partial charge in [0.2, 0.25) is 0 Å². The van der Waals surface area contributed by atoms with E-state index in [9.17, 15) is 9.18 Å². The van der Waals surface area contributed by atoms with E-state index in [4.69, 9.17) is 5.11 Å². The lowest BCUT2D eigenvalue weighted by atomic mass is 10.1. The lowest BCUT2D eigenvalue weighted by Gasteiger charge is -2.01. The fourth-order valence-corrected chi connectivity index (χ4v) is 1.02. The summed E-state index contributed by atoms with van der Waals surface area (Å²) < 4.78 is 13.1. The van der Waals surface area contributed by atoms with Crippen molar-refractivity contribution in [1.29, 1.82) is 0 Å². The van der Waals surface area contributed by atoms with E-state index in [0.717, 1.165) is 0 Å². The van der Waals surface area contributed by atoms with Gasteiger partial charge in [0.1, 0.15) is 5.82 Å². The molecule has 2 nitrogen and oxygen atoms in total. The Morgan fingerprint density at radius 1 is 1.58 bits per heavy atom. The summed E-state index contributed by atoms with van der Waals surface area (Å²) in [6, 6.07) is 4.39. The van der Waals surface area contributed by atoms with Crippen LogP contribution in [0.4, 0.5) is 4.39 Å². The summed E-state index contributed by atoms with van der Waals surface area (Å²) >= 11 is 0. The maximum Gasteiger partial charge on any atom is 0.338 e. The van der Waals surface area contributed by atoms with Crippen LogP contribution in [0.2, 0.25) is 0 Å². The minimum atomic E-state index is -1.22. The third-order valence-electron chi connectivity index (χ3n) is 1.69. The fraction of sp³-hybridized carbons (Fsp3) is 0.222. The molecule has 1 aromatic carbocycles. The van der Waals surface area contributed by atoms with Crippen LogP contribution in [0, 0.1) is 5.82 Å². The van der Waals surface area contributed by atoms with Gasteiger partial charge in [0.05, 0.1) is 5.56 Å². The van der Waals surface area contributed by atoms with E-state index >= 15 is 0 Å². The van der Waals surface area contributed by atoms with Crippen molar-refractivity contribution < 1.29 is 14.3 Å². The summed E-state index contributed by atoms with van der Waals surface area (Å²) in [5.41, 5.74) is 0.184. The van der Waals surface area contributed by atoms with E-state index in [0.29, 0.717) is 12.0 Å². The summed E-state index contributed by atoms with van der Waals surface area (Å²) in [6.07, 6.45) is 0.507. The summed E-state index contributed by atoms with van der Waals surface area (Å²) in [5, 5.41) is 8.55. The highest BCUT2D eigenvalue weighted by Crippen LogP contribution is 2.12. The minimum Gasteiger partial charge on any atom is -0.478 e. The molecule has 0 bridgehead atoms. The average Bonchev–Trinajstić information content (AvgIpc) is 2.04. The molecule has 0 saturated heterocycles. The monoisotopic (exact) mass is 168 g/mol. The number of rotatable bonds is 2. The zero-order valence-electron chi connectivity index (χ0n) is 6.67. The summed E-state index contributed by atoms with van der Waals surface area (Å²) in [7, 11) is 0. The molecular formula is C9H9FO2. The number of carboxylic acid groups (broad SMARTS) is 1. The highest BCUT2D eigenvalue weighted by atomic mass is 19.1. The second-order valence-corrected chi connectivity index (χ2v) is 2.44. The Hall–Kier alpha value is -1.38. The van der Waals surface area contributed by atoms with Gasteiger partial charge in [0.15, 0.2) is 0 Å². The van der Waals surface area contributed by atoms with Gasteiger partial charge in [-0.2, -0.15) is 0 Å². The first-order valence-corrected chi connectivity index (χ1v) is 3.67. The predicted molar refractivity (Wildman–Crippen MR) is 42.7 cm³/mol. The number of aromatic carboxylic acids is 1. The van der Waals surface area contributed by atoms with Gasteiger partial charge in [-0.1, -0.05) is 19.1 Å². The van der Waals surface area contributed by atoms with Crippen molar-refractivity contribution in [2.45, 2.75) is 13.3 Å². The molecule has 64 valence electrons. The van der Waals surface area contributed by atoms with Crippen molar-refractivity contribution in [3.63, 3.8) is 0 Å². The molecule has 3 heteroatoms. The zero-order valence-corrected chi connectivity index (χ0v) is 6.67. The molecule has 0 amide bonds. The third-order valence-corrected chi connectivity index (χ3v) is 1.69. The molecule has 0 aliphatic rings. The Labute approximate surface area is 69.6 Å². The SMILES string of the molecule is CCc1cccc(C(=O)O)c1F. The molecule has 0 atom stereocenters. The molecule has 1 aromatic rings. The molecule has 0 unspecified atom stereocenters. The molecule has 0 aliphatic carbocycles. The highest BCUT2D eigenvalue weighted by Gasteiger charge is 2.11. The van der Waals surface area contributed by atoms with Crippen molar-refractivity contribution in [1.82, 2.24) is 0 Å². The number of hydrogen-bond donors (Lipinski definition) is 1. The van der Waals surface area contributed by atoms with Gasteiger partial charge < -0.3 is 5.11 Å². The average molecular weight is 168 g/mol. The molecular weight excluding hydrogens is 159 g/mol. The first-order chi connectivity index (χ1) is 5.66. The molecule has 1 N–H and O–H groups in total. The van der Waals surface area contributed by atoms with E-state index in [2.05, 4.69) is 0 Å². The molecule has 0 aliphatic heterocycles. The molecule has 0 aromatic heterocycles. The van der Waals surface area contributed by atoms with E-state index in [1.807, 2.05) is 0 Å². The van der Waals surface area contributed by atoms with Gasteiger partial charge in [-0.25, -0.2) is 9.18 Å². The van der Waals surface area contributed by atoms with E-state index < -0.39 is 11.8 Å². The van der Waals surface area contributed by atoms with Crippen LogP contribution in [0.1, 0.15) is 22.8 Å². The van der Waals surface area contributed by atoms with E-state index in [1.165, 1.54) is 6.07 Å². The van der Waals surface area contributed by atoms with Crippen LogP contribution in [-0.4, -0.2) is 11.1 Å². The maximum atomic E-state index is 13.1. The Bertz CT molecular complexity index is 307. The summed E-state index contributed by atoms with van der Waals surface area (Å²) in [5.74, 6) is -1.84. The van der Waals surface area contributed by atoms with Crippen molar-refractivity contribution in [2.75, 3.05) is 0 Å². The van der Waals surface area contributed by atoms with Gasteiger partial charge in [-0.05, 0) is 18.1 Å². The van der Waals surface area contributed by atoms with E-state index in [1.54, 1.807) is 19.1 Å². The summed E-state index contributed by atoms with van der Waals surface area (Å²) in [4.78, 5) is 10.4. The number of carbonyl (C=O) groups is 1. The van der Waals surface area contributed by atoms with Gasteiger partial charge in [-0.3, -0.25) is 0 Å². The quantitative estimate of drug-likeness (QED) is 0.734. The van der Waals surface area contributed by atoms with Gasteiger partial charge in [0, 0.05) is 0 Å². The van der Waals surface area contributed by atoms with Crippen LogP contribution in [0.5, 0.6) is 0 Å². The normalized spacial score (nSPS) is 9.83. The second-order valence-electron chi connectivity index (χ2n) is 2.44. The Balaban J connectivity index is 3.23.